The molecule has 2 aliphatic heterocycles. The molecule has 3 rings (SSSR count). The van der Waals surface area contributed by atoms with Crippen molar-refractivity contribution >= 4 is 5.91 Å². The molecule has 0 spiro atoms. The van der Waals surface area contributed by atoms with Crippen molar-refractivity contribution in [2.45, 2.75) is 66.0 Å². The summed E-state index contributed by atoms with van der Waals surface area (Å²) >= 11 is 0. The van der Waals surface area contributed by atoms with Crippen molar-refractivity contribution in [2.75, 3.05) is 19.7 Å². The second-order valence-electron chi connectivity index (χ2n) is 8.97. The Hall–Kier alpha value is -1.36. The van der Waals surface area contributed by atoms with Crippen molar-refractivity contribution in [3.8, 4) is 0 Å². The van der Waals surface area contributed by atoms with Gasteiger partial charge in [-0.3, -0.25) is 9.48 Å². The number of hydrogen-bond donors (Lipinski definition) is 0. The molecule has 1 amide bonds. The minimum atomic E-state index is -0.160. The number of ether oxygens (including phenoxy) is 1. The van der Waals surface area contributed by atoms with E-state index in [-0.39, 0.29) is 29.4 Å². The smallest absolute Gasteiger partial charge is 0.228 e. The monoisotopic (exact) mass is 347 g/mol. The molecule has 1 aromatic heterocycles. The molecule has 1 unspecified atom stereocenters. The highest BCUT2D eigenvalue weighted by molar-refractivity contribution is 5.80. The van der Waals surface area contributed by atoms with E-state index in [0.29, 0.717) is 12.5 Å². The molecule has 5 nitrogen and oxygen atoms in total. The molecule has 0 aliphatic carbocycles. The van der Waals surface area contributed by atoms with Gasteiger partial charge >= 0.3 is 0 Å². The van der Waals surface area contributed by atoms with Crippen LogP contribution in [0.3, 0.4) is 0 Å². The first-order valence-electron chi connectivity index (χ1n) is 9.73. The van der Waals surface area contributed by atoms with E-state index in [4.69, 9.17) is 4.74 Å². The highest BCUT2D eigenvalue weighted by atomic mass is 16.5. The molecule has 0 saturated carbocycles. The van der Waals surface area contributed by atoms with Gasteiger partial charge in [0.15, 0.2) is 0 Å². The quantitative estimate of drug-likeness (QED) is 0.835. The number of amides is 1. The Balaban J connectivity index is 1.76. The summed E-state index contributed by atoms with van der Waals surface area (Å²) in [6.45, 7) is 13.5. The van der Waals surface area contributed by atoms with Crippen LogP contribution in [-0.2, 0) is 9.53 Å². The zero-order chi connectivity index (χ0) is 18.2. The van der Waals surface area contributed by atoms with Gasteiger partial charge in [0, 0.05) is 31.9 Å². The Morgan fingerprint density at radius 1 is 1.32 bits per heavy atom. The predicted molar refractivity (Wildman–Crippen MR) is 98.2 cm³/mol. The van der Waals surface area contributed by atoms with E-state index < -0.39 is 0 Å². The lowest BCUT2D eigenvalue weighted by Crippen LogP contribution is -2.46. The SMILES string of the molecule is CC(C)n1nccc1[C@H]1OCC[C@@H]1C(=O)N1CCCC(C(C)(C)C)C1. The van der Waals surface area contributed by atoms with Crippen LogP contribution >= 0.6 is 0 Å². The second-order valence-corrected chi connectivity index (χ2v) is 8.97. The summed E-state index contributed by atoms with van der Waals surface area (Å²) in [7, 11) is 0. The van der Waals surface area contributed by atoms with Crippen LogP contribution in [0.2, 0.25) is 0 Å². The van der Waals surface area contributed by atoms with Gasteiger partial charge in [-0.25, -0.2) is 0 Å². The molecule has 0 N–H and O–H groups in total. The number of carbonyl (C=O) groups is 1. The Labute approximate surface area is 151 Å². The number of rotatable bonds is 3. The molecule has 3 heterocycles. The fourth-order valence-corrected chi connectivity index (χ4v) is 4.23. The highest BCUT2D eigenvalue weighted by Gasteiger charge is 2.41. The van der Waals surface area contributed by atoms with Crippen molar-refractivity contribution in [3.63, 3.8) is 0 Å². The van der Waals surface area contributed by atoms with Crippen LogP contribution < -0.4 is 0 Å². The second kappa shape index (κ2) is 7.10. The van der Waals surface area contributed by atoms with Crippen molar-refractivity contribution in [1.82, 2.24) is 14.7 Å². The van der Waals surface area contributed by atoms with Gasteiger partial charge < -0.3 is 9.64 Å². The van der Waals surface area contributed by atoms with Gasteiger partial charge in [-0.1, -0.05) is 20.8 Å². The van der Waals surface area contributed by atoms with Crippen LogP contribution in [0, 0.1) is 17.3 Å². The Kier molecular flexibility index (Phi) is 5.24. The Morgan fingerprint density at radius 3 is 2.76 bits per heavy atom. The summed E-state index contributed by atoms with van der Waals surface area (Å²) in [6.07, 6.45) is 4.79. The summed E-state index contributed by atoms with van der Waals surface area (Å²) in [6, 6.07) is 2.27. The average Bonchev–Trinajstić information content (AvgIpc) is 3.22. The van der Waals surface area contributed by atoms with Crippen LogP contribution in [0.5, 0.6) is 0 Å². The van der Waals surface area contributed by atoms with E-state index >= 15 is 0 Å². The van der Waals surface area contributed by atoms with Crippen LogP contribution in [0.25, 0.3) is 0 Å². The van der Waals surface area contributed by atoms with Gasteiger partial charge in [-0.2, -0.15) is 5.10 Å². The van der Waals surface area contributed by atoms with E-state index in [1.165, 1.54) is 6.42 Å². The summed E-state index contributed by atoms with van der Waals surface area (Å²) in [4.78, 5) is 15.4. The lowest BCUT2D eigenvalue weighted by molar-refractivity contribution is -0.140. The van der Waals surface area contributed by atoms with Crippen molar-refractivity contribution in [2.24, 2.45) is 17.3 Å². The molecular weight excluding hydrogens is 314 g/mol. The van der Waals surface area contributed by atoms with Crippen LogP contribution in [-0.4, -0.2) is 40.3 Å². The van der Waals surface area contributed by atoms with E-state index in [9.17, 15) is 4.79 Å². The summed E-state index contributed by atoms with van der Waals surface area (Å²) in [5.74, 6) is 0.771. The highest BCUT2D eigenvalue weighted by Crippen LogP contribution is 2.39. The number of nitrogens with zero attached hydrogens (tertiary/aromatic N) is 3. The van der Waals surface area contributed by atoms with E-state index in [2.05, 4.69) is 44.6 Å². The third-order valence-corrected chi connectivity index (χ3v) is 5.85. The van der Waals surface area contributed by atoms with E-state index in [1.54, 1.807) is 0 Å². The summed E-state index contributed by atoms with van der Waals surface area (Å²) < 4.78 is 7.99. The van der Waals surface area contributed by atoms with Gasteiger partial charge in [0.25, 0.3) is 0 Å². The maximum atomic E-state index is 13.3. The molecular formula is C20H33N3O2. The minimum absolute atomic E-state index is 0.0760. The molecule has 0 aromatic carbocycles. The standard InChI is InChI=1S/C20H33N3O2/c1-14(2)23-17(8-10-21-23)18-16(9-12-25-18)19(24)22-11-6-7-15(13-22)20(3,4)5/h8,10,14-16,18H,6-7,9,11-13H2,1-5H3/t15?,16-,18-/m0/s1. The number of likely N-dealkylation sites (tertiary alicyclic amines) is 1. The molecule has 25 heavy (non-hydrogen) atoms. The molecule has 2 aliphatic rings. The zero-order valence-electron chi connectivity index (χ0n) is 16.4. The van der Waals surface area contributed by atoms with Crippen molar-refractivity contribution in [1.29, 1.82) is 0 Å². The average molecular weight is 348 g/mol. The summed E-state index contributed by atoms with van der Waals surface area (Å²) in [5.41, 5.74) is 1.29. The van der Waals surface area contributed by atoms with Crippen LogP contribution in [0.4, 0.5) is 0 Å². The third-order valence-electron chi connectivity index (χ3n) is 5.85. The summed E-state index contributed by atoms with van der Waals surface area (Å²) in [5, 5.41) is 4.42. The first-order valence-corrected chi connectivity index (χ1v) is 9.73. The molecule has 2 fully saturated rings. The van der Waals surface area contributed by atoms with Gasteiger partial charge in [0.2, 0.25) is 5.91 Å². The molecule has 5 heteroatoms. The molecule has 1 aromatic rings. The van der Waals surface area contributed by atoms with Gasteiger partial charge in [0.05, 0.1) is 11.6 Å². The number of aromatic nitrogens is 2. The van der Waals surface area contributed by atoms with Gasteiger partial charge in [-0.05, 0) is 50.5 Å². The topological polar surface area (TPSA) is 47.4 Å². The Bertz CT molecular complexity index is 602. The lowest BCUT2D eigenvalue weighted by Gasteiger charge is -2.41. The molecule has 3 atom stereocenters. The maximum Gasteiger partial charge on any atom is 0.228 e. The van der Waals surface area contributed by atoms with E-state index in [1.807, 2.05) is 16.9 Å². The van der Waals surface area contributed by atoms with Crippen LogP contribution in [0.15, 0.2) is 12.3 Å². The maximum absolute atomic E-state index is 13.3. The number of hydrogen-bond acceptors (Lipinski definition) is 3. The Morgan fingerprint density at radius 2 is 2.08 bits per heavy atom. The minimum Gasteiger partial charge on any atom is -0.371 e. The van der Waals surface area contributed by atoms with Crippen molar-refractivity contribution in [3.05, 3.63) is 18.0 Å². The lowest BCUT2D eigenvalue weighted by atomic mass is 9.76. The fraction of sp³-hybridized carbons (Fsp3) is 0.800. The molecule has 0 bridgehead atoms. The predicted octanol–water partition coefficient (Wildman–Crippen LogP) is 3.83. The van der Waals surface area contributed by atoms with Crippen molar-refractivity contribution < 1.29 is 9.53 Å². The number of piperidine rings is 1. The third kappa shape index (κ3) is 3.76. The fourth-order valence-electron chi connectivity index (χ4n) is 4.23. The normalized spacial score (nSPS) is 27.9. The zero-order valence-corrected chi connectivity index (χ0v) is 16.4. The van der Waals surface area contributed by atoms with Gasteiger partial charge in [-0.15, -0.1) is 0 Å². The molecule has 140 valence electrons. The van der Waals surface area contributed by atoms with E-state index in [0.717, 1.165) is 31.6 Å². The number of carbonyl (C=O) groups excluding carboxylic acids is 1. The largest absolute Gasteiger partial charge is 0.371 e. The molecule has 0 radical (unpaired) electrons. The first kappa shape index (κ1) is 18.4. The van der Waals surface area contributed by atoms with Gasteiger partial charge in [0.1, 0.15) is 6.10 Å². The van der Waals surface area contributed by atoms with Crippen LogP contribution in [0.1, 0.15) is 71.7 Å². The molecule has 2 saturated heterocycles. The first-order chi connectivity index (χ1) is 11.8.